The summed E-state index contributed by atoms with van der Waals surface area (Å²) in [6.07, 6.45) is 0. The predicted octanol–water partition coefficient (Wildman–Crippen LogP) is 1.98. The van der Waals surface area contributed by atoms with Gasteiger partial charge in [-0.1, -0.05) is 15.9 Å². The first-order valence-electron chi connectivity index (χ1n) is 5.09. The van der Waals surface area contributed by atoms with Crippen LogP contribution >= 0.6 is 15.9 Å². The molecule has 0 aromatic heterocycles. The maximum Gasteiger partial charge on any atom is 0.322 e. The lowest BCUT2D eigenvalue weighted by molar-refractivity contribution is -0.137. The van der Waals surface area contributed by atoms with E-state index in [0.29, 0.717) is 5.69 Å². The van der Waals surface area contributed by atoms with E-state index in [1.165, 1.54) is 0 Å². The van der Waals surface area contributed by atoms with E-state index in [9.17, 15) is 13.2 Å². The van der Waals surface area contributed by atoms with Crippen molar-refractivity contribution in [2.45, 2.75) is 13.8 Å². The van der Waals surface area contributed by atoms with E-state index < -0.39 is 21.7 Å². The minimum Gasteiger partial charge on any atom is -0.468 e. The van der Waals surface area contributed by atoms with Gasteiger partial charge in [0.05, 0.1) is 12.8 Å². The van der Waals surface area contributed by atoms with Gasteiger partial charge in [0.2, 0.25) is 10.0 Å². The van der Waals surface area contributed by atoms with Crippen LogP contribution in [-0.2, 0) is 19.6 Å². The molecule has 0 radical (unpaired) electrons. The Hall–Kier alpha value is -1.08. The van der Waals surface area contributed by atoms with Crippen LogP contribution in [0.15, 0.2) is 16.6 Å². The largest absolute Gasteiger partial charge is 0.468 e. The number of hydrogen-bond donors (Lipinski definition) is 1. The molecule has 5 nitrogen and oxygen atoms in total. The lowest BCUT2D eigenvalue weighted by atomic mass is 10.1. The number of rotatable bonds is 4. The van der Waals surface area contributed by atoms with Crippen LogP contribution in [0.4, 0.5) is 5.69 Å². The van der Waals surface area contributed by atoms with E-state index in [2.05, 4.69) is 25.4 Å². The highest BCUT2D eigenvalue weighted by Crippen LogP contribution is 2.25. The second kappa shape index (κ2) is 5.71. The minimum atomic E-state index is -3.74. The number of methoxy groups -OCH3 is 1. The summed E-state index contributed by atoms with van der Waals surface area (Å²) in [6.45, 7) is 3.57. The molecule has 0 amide bonds. The summed E-state index contributed by atoms with van der Waals surface area (Å²) in [5, 5.41) is 0. The maximum atomic E-state index is 11.7. The van der Waals surface area contributed by atoms with Gasteiger partial charge in [-0.3, -0.25) is 9.52 Å². The molecular formula is C11H14BrNO4S. The summed E-state index contributed by atoms with van der Waals surface area (Å²) in [5.41, 5.74) is 2.03. The van der Waals surface area contributed by atoms with Gasteiger partial charge in [0.25, 0.3) is 0 Å². The lowest BCUT2D eigenvalue weighted by Gasteiger charge is -2.13. The summed E-state index contributed by atoms with van der Waals surface area (Å²) in [4.78, 5) is 11.0. The maximum absolute atomic E-state index is 11.7. The fraction of sp³-hybridized carbons (Fsp3) is 0.364. The van der Waals surface area contributed by atoms with Gasteiger partial charge in [-0.15, -0.1) is 0 Å². The van der Waals surface area contributed by atoms with E-state index >= 15 is 0 Å². The summed E-state index contributed by atoms with van der Waals surface area (Å²) in [6, 6.07) is 3.59. The van der Waals surface area contributed by atoms with E-state index in [1.807, 2.05) is 0 Å². The Bertz CT molecular complexity index is 545. The van der Waals surface area contributed by atoms with Crippen molar-refractivity contribution < 1.29 is 17.9 Å². The smallest absolute Gasteiger partial charge is 0.322 e. The van der Waals surface area contributed by atoms with Gasteiger partial charge in [0, 0.05) is 4.47 Å². The molecule has 1 rings (SSSR count). The van der Waals surface area contributed by atoms with Crippen molar-refractivity contribution in [1.29, 1.82) is 0 Å². The van der Waals surface area contributed by atoms with Crippen LogP contribution in [0.25, 0.3) is 0 Å². The van der Waals surface area contributed by atoms with Crippen LogP contribution in [0.5, 0.6) is 0 Å². The first-order valence-corrected chi connectivity index (χ1v) is 7.54. The molecule has 0 unspecified atom stereocenters. The molecule has 0 spiro atoms. The fourth-order valence-electron chi connectivity index (χ4n) is 1.48. The van der Waals surface area contributed by atoms with Gasteiger partial charge >= 0.3 is 5.97 Å². The van der Waals surface area contributed by atoms with Crippen molar-refractivity contribution in [3.63, 3.8) is 0 Å². The molecule has 0 aliphatic heterocycles. The summed E-state index contributed by atoms with van der Waals surface area (Å²) in [5.74, 6) is -1.49. The summed E-state index contributed by atoms with van der Waals surface area (Å²) >= 11 is 3.33. The van der Waals surface area contributed by atoms with E-state index in [0.717, 1.165) is 22.7 Å². The average Bonchev–Trinajstić information content (AvgIpc) is 2.22. The lowest BCUT2D eigenvalue weighted by Crippen LogP contribution is -2.24. The zero-order chi connectivity index (χ0) is 13.9. The molecule has 0 aliphatic carbocycles. The zero-order valence-electron chi connectivity index (χ0n) is 10.3. The first kappa shape index (κ1) is 15.0. The Balaban J connectivity index is 3.01. The number of aryl methyl sites for hydroxylation is 2. The van der Waals surface area contributed by atoms with Crippen LogP contribution in [0, 0.1) is 13.8 Å². The second-order valence-corrected chi connectivity index (χ2v) is 6.49. The summed E-state index contributed by atoms with van der Waals surface area (Å²) < 4.78 is 31.1. The number of nitrogens with one attached hydrogen (secondary N) is 1. The number of anilines is 1. The Morgan fingerprint density at radius 3 is 2.28 bits per heavy atom. The standard InChI is InChI=1S/C11H14BrNO4S/c1-7-4-9(12)5-8(2)11(7)13-18(15,16)6-10(14)17-3/h4-5,13H,6H2,1-3H3. The quantitative estimate of drug-likeness (QED) is 0.854. The van der Waals surface area contributed by atoms with Crippen LogP contribution in [0.2, 0.25) is 0 Å². The molecule has 1 aromatic carbocycles. The zero-order valence-corrected chi connectivity index (χ0v) is 12.7. The minimum absolute atomic E-state index is 0.488. The topological polar surface area (TPSA) is 72.5 Å². The highest BCUT2D eigenvalue weighted by atomic mass is 79.9. The van der Waals surface area contributed by atoms with Crippen LogP contribution in [-0.4, -0.2) is 27.2 Å². The van der Waals surface area contributed by atoms with E-state index in [1.54, 1.807) is 26.0 Å². The number of carbonyl (C=O) groups excluding carboxylic acids is 1. The number of esters is 1. The molecule has 1 N–H and O–H groups in total. The van der Waals surface area contributed by atoms with Gasteiger partial charge in [0.15, 0.2) is 5.75 Å². The van der Waals surface area contributed by atoms with Crippen molar-refractivity contribution in [2.24, 2.45) is 0 Å². The van der Waals surface area contributed by atoms with Crippen LogP contribution in [0.1, 0.15) is 11.1 Å². The fourth-order valence-corrected chi connectivity index (χ4v) is 3.30. The Morgan fingerprint density at radius 2 is 1.83 bits per heavy atom. The normalized spacial score (nSPS) is 11.1. The van der Waals surface area contributed by atoms with Gasteiger partial charge in [-0.05, 0) is 37.1 Å². The number of benzene rings is 1. The molecule has 0 fully saturated rings. The highest BCUT2D eigenvalue weighted by molar-refractivity contribution is 9.10. The molecule has 0 bridgehead atoms. The Labute approximate surface area is 115 Å². The van der Waals surface area contributed by atoms with Crippen LogP contribution in [0.3, 0.4) is 0 Å². The monoisotopic (exact) mass is 335 g/mol. The molecule has 18 heavy (non-hydrogen) atoms. The van der Waals surface area contributed by atoms with Gasteiger partial charge in [-0.25, -0.2) is 8.42 Å². The van der Waals surface area contributed by atoms with Gasteiger partial charge in [0.1, 0.15) is 0 Å². The number of hydrogen-bond acceptors (Lipinski definition) is 4. The molecule has 100 valence electrons. The number of halogens is 1. The molecule has 0 saturated heterocycles. The Morgan fingerprint density at radius 1 is 1.33 bits per heavy atom. The molecule has 7 heteroatoms. The molecule has 0 heterocycles. The van der Waals surface area contributed by atoms with Crippen molar-refractivity contribution >= 4 is 37.6 Å². The van der Waals surface area contributed by atoms with Crippen molar-refractivity contribution in [3.8, 4) is 0 Å². The molecule has 0 atom stereocenters. The molecule has 0 saturated carbocycles. The number of ether oxygens (including phenoxy) is 1. The molecule has 0 aliphatic rings. The van der Waals surface area contributed by atoms with Crippen LogP contribution < -0.4 is 4.72 Å². The van der Waals surface area contributed by atoms with E-state index in [-0.39, 0.29) is 0 Å². The van der Waals surface area contributed by atoms with Crippen molar-refractivity contribution in [3.05, 3.63) is 27.7 Å². The molecular weight excluding hydrogens is 322 g/mol. The third kappa shape index (κ3) is 3.99. The van der Waals surface area contributed by atoms with Gasteiger partial charge in [-0.2, -0.15) is 0 Å². The highest BCUT2D eigenvalue weighted by Gasteiger charge is 2.18. The van der Waals surface area contributed by atoms with Crippen molar-refractivity contribution in [2.75, 3.05) is 17.6 Å². The third-order valence-corrected chi connectivity index (χ3v) is 3.88. The third-order valence-electron chi connectivity index (χ3n) is 2.29. The average molecular weight is 336 g/mol. The van der Waals surface area contributed by atoms with Gasteiger partial charge < -0.3 is 4.74 Å². The number of sulfonamides is 1. The molecule has 1 aromatic rings. The van der Waals surface area contributed by atoms with E-state index in [4.69, 9.17) is 0 Å². The van der Waals surface area contributed by atoms with Crippen molar-refractivity contribution in [1.82, 2.24) is 0 Å². The predicted molar refractivity (Wildman–Crippen MR) is 73.0 cm³/mol. The second-order valence-electron chi connectivity index (χ2n) is 3.85. The number of carbonyl (C=O) groups is 1. The summed E-state index contributed by atoms with van der Waals surface area (Å²) in [7, 11) is -2.60. The first-order chi connectivity index (χ1) is 8.25. The Kier molecular flexibility index (Phi) is 4.75. The SMILES string of the molecule is COC(=O)CS(=O)(=O)Nc1c(C)cc(Br)cc1C.